The van der Waals surface area contributed by atoms with Crippen LogP contribution in [-0.4, -0.2) is 16.9 Å². The Balaban J connectivity index is 1.57. The molecule has 0 saturated heterocycles. The molecule has 0 heterocycles. The Morgan fingerprint density at radius 3 is 2.21 bits per heavy atom. The lowest BCUT2D eigenvalue weighted by atomic mass is 9.32. The predicted octanol–water partition coefficient (Wildman–Crippen LogP) is 7.30. The second-order valence-corrected chi connectivity index (χ2v) is 14.3. The van der Waals surface area contributed by atoms with Crippen molar-refractivity contribution in [2.24, 2.45) is 56.7 Å². The van der Waals surface area contributed by atoms with Gasteiger partial charge >= 0.3 is 5.97 Å². The van der Waals surface area contributed by atoms with Gasteiger partial charge in [0.1, 0.15) is 5.78 Å². The largest absolute Gasteiger partial charge is 0.481 e. The van der Waals surface area contributed by atoms with Crippen LogP contribution < -0.4 is 0 Å². The third-order valence-corrected chi connectivity index (χ3v) is 13.2. The van der Waals surface area contributed by atoms with Gasteiger partial charge in [-0.2, -0.15) is 0 Å². The summed E-state index contributed by atoms with van der Waals surface area (Å²) in [4.78, 5) is 25.7. The second kappa shape index (κ2) is 6.97. The van der Waals surface area contributed by atoms with Gasteiger partial charge in [0.05, 0.1) is 5.41 Å². The third-order valence-electron chi connectivity index (χ3n) is 13.2. The summed E-state index contributed by atoms with van der Waals surface area (Å²) in [6, 6.07) is 0. The van der Waals surface area contributed by atoms with E-state index < -0.39 is 11.4 Å². The van der Waals surface area contributed by atoms with Crippen LogP contribution in [0.15, 0.2) is 12.2 Å². The molecule has 5 fully saturated rings. The number of carboxylic acids is 1. The van der Waals surface area contributed by atoms with Crippen LogP contribution in [0.25, 0.3) is 0 Å². The van der Waals surface area contributed by atoms with Gasteiger partial charge < -0.3 is 5.11 Å². The molecule has 0 aliphatic heterocycles. The number of rotatable bonds is 2. The molecule has 0 spiro atoms. The average molecular weight is 455 g/mol. The lowest BCUT2D eigenvalue weighted by molar-refractivity contribution is -0.235. The molecule has 184 valence electrons. The normalized spacial score (nSPS) is 52.8. The molecule has 9 atom stereocenters. The molecule has 5 rings (SSSR count). The highest BCUT2D eigenvalue weighted by Gasteiger charge is 2.72. The van der Waals surface area contributed by atoms with Gasteiger partial charge in [0.25, 0.3) is 0 Å². The van der Waals surface area contributed by atoms with Crippen LogP contribution in [0.1, 0.15) is 106 Å². The number of fused-ring (bicyclic) bond motifs is 7. The minimum Gasteiger partial charge on any atom is -0.481 e. The van der Waals surface area contributed by atoms with Crippen molar-refractivity contribution in [1.82, 2.24) is 0 Å². The molecule has 0 aromatic heterocycles. The van der Waals surface area contributed by atoms with E-state index in [1.165, 1.54) is 18.4 Å². The zero-order chi connectivity index (χ0) is 24.2. The summed E-state index contributed by atoms with van der Waals surface area (Å²) in [7, 11) is 0. The van der Waals surface area contributed by atoms with E-state index in [9.17, 15) is 14.7 Å². The smallest absolute Gasteiger partial charge is 0.309 e. The van der Waals surface area contributed by atoms with Crippen molar-refractivity contribution in [3.63, 3.8) is 0 Å². The van der Waals surface area contributed by atoms with E-state index in [2.05, 4.69) is 48.1 Å². The standard InChI is InChI=1S/C30H46O3/c1-18(2)19-10-15-30(25(32)33)17-16-28(6)20(24(19)30)8-9-22-27(5)13-12-23(31)26(3,4)21(27)11-14-29(22,28)7/h19-22,24H,1,8-17H2,2-7H3,(H,32,33)/t19-,20+,21-,22+,24+,27-,28+,29+,30-/m1/s1. The van der Waals surface area contributed by atoms with Crippen LogP contribution >= 0.6 is 0 Å². The van der Waals surface area contributed by atoms with Gasteiger partial charge in [-0.25, -0.2) is 0 Å². The van der Waals surface area contributed by atoms with E-state index in [4.69, 9.17) is 0 Å². The Morgan fingerprint density at radius 1 is 0.879 bits per heavy atom. The Labute approximate surface area is 201 Å². The lowest BCUT2D eigenvalue weighted by Crippen LogP contribution is -2.66. The molecule has 1 N–H and O–H groups in total. The fourth-order valence-corrected chi connectivity index (χ4v) is 11.3. The summed E-state index contributed by atoms with van der Waals surface area (Å²) in [5, 5.41) is 10.5. The second-order valence-electron chi connectivity index (χ2n) is 14.3. The van der Waals surface area contributed by atoms with Crippen LogP contribution in [0.4, 0.5) is 0 Å². The monoisotopic (exact) mass is 454 g/mol. The molecule has 0 aromatic rings. The van der Waals surface area contributed by atoms with Gasteiger partial charge in [-0.05, 0) is 111 Å². The number of hydrogen-bond acceptors (Lipinski definition) is 2. The van der Waals surface area contributed by atoms with Gasteiger partial charge in [-0.1, -0.05) is 46.8 Å². The Kier molecular flexibility index (Phi) is 4.99. The van der Waals surface area contributed by atoms with Crippen LogP contribution in [0.2, 0.25) is 0 Å². The van der Waals surface area contributed by atoms with Crippen molar-refractivity contribution in [2.45, 2.75) is 106 Å². The molecule has 33 heavy (non-hydrogen) atoms. The van der Waals surface area contributed by atoms with Crippen molar-refractivity contribution >= 4 is 11.8 Å². The molecule has 0 aromatic carbocycles. The summed E-state index contributed by atoms with van der Waals surface area (Å²) in [6.07, 6.45) is 10.1. The average Bonchev–Trinajstić information content (AvgIpc) is 3.13. The maximum Gasteiger partial charge on any atom is 0.309 e. The van der Waals surface area contributed by atoms with E-state index in [1.54, 1.807) is 0 Å². The highest BCUT2D eigenvalue weighted by atomic mass is 16.4. The summed E-state index contributed by atoms with van der Waals surface area (Å²) < 4.78 is 0. The number of carbonyl (C=O) groups excluding carboxylic acids is 1. The Bertz CT molecular complexity index is 902. The molecule has 3 nitrogen and oxygen atoms in total. The number of ketones is 1. The molecule has 5 saturated carbocycles. The zero-order valence-electron chi connectivity index (χ0n) is 21.9. The highest BCUT2D eigenvalue weighted by Crippen LogP contribution is 2.77. The molecule has 0 radical (unpaired) electrons. The van der Waals surface area contributed by atoms with Gasteiger partial charge in [0, 0.05) is 11.8 Å². The minimum absolute atomic E-state index is 0.164. The molecular weight excluding hydrogens is 408 g/mol. The summed E-state index contributed by atoms with van der Waals surface area (Å²) >= 11 is 0. The molecule has 5 aliphatic rings. The molecular formula is C30H46O3. The van der Waals surface area contributed by atoms with Crippen LogP contribution in [0.5, 0.6) is 0 Å². The Hall–Kier alpha value is -1.12. The van der Waals surface area contributed by atoms with Gasteiger partial charge in [-0.3, -0.25) is 9.59 Å². The van der Waals surface area contributed by atoms with Crippen LogP contribution in [0.3, 0.4) is 0 Å². The van der Waals surface area contributed by atoms with Crippen LogP contribution in [0, 0.1) is 56.7 Å². The van der Waals surface area contributed by atoms with E-state index in [-0.39, 0.29) is 27.6 Å². The molecule has 0 amide bonds. The zero-order valence-corrected chi connectivity index (χ0v) is 21.9. The number of hydrogen-bond donors (Lipinski definition) is 1. The van der Waals surface area contributed by atoms with Gasteiger partial charge in [0.2, 0.25) is 0 Å². The number of carbonyl (C=O) groups is 2. The first-order valence-electron chi connectivity index (χ1n) is 13.7. The quantitative estimate of drug-likeness (QED) is 0.445. The highest BCUT2D eigenvalue weighted by molar-refractivity contribution is 5.85. The predicted molar refractivity (Wildman–Crippen MR) is 132 cm³/mol. The van der Waals surface area contributed by atoms with Crippen LogP contribution in [-0.2, 0) is 9.59 Å². The van der Waals surface area contributed by atoms with Crippen molar-refractivity contribution in [1.29, 1.82) is 0 Å². The van der Waals surface area contributed by atoms with Gasteiger partial charge in [0.15, 0.2) is 0 Å². The maximum absolute atomic E-state index is 12.9. The summed E-state index contributed by atoms with van der Waals surface area (Å²) in [5.74, 6) is 2.07. The lowest BCUT2D eigenvalue weighted by Gasteiger charge is -2.72. The number of allylic oxidation sites excluding steroid dienone is 1. The summed E-state index contributed by atoms with van der Waals surface area (Å²) in [5.41, 5.74) is 1.03. The molecule has 0 unspecified atom stereocenters. The van der Waals surface area contributed by atoms with Crippen molar-refractivity contribution in [3.8, 4) is 0 Å². The number of aliphatic carboxylic acids is 1. The van der Waals surface area contributed by atoms with Crippen molar-refractivity contribution < 1.29 is 14.7 Å². The maximum atomic E-state index is 12.9. The van der Waals surface area contributed by atoms with E-state index in [0.717, 1.165) is 51.4 Å². The fraction of sp³-hybridized carbons (Fsp3) is 0.867. The topological polar surface area (TPSA) is 54.4 Å². The first-order chi connectivity index (χ1) is 15.3. The molecule has 3 heteroatoms. The molecule has 0 bridgehead atoms. The van der Waals surface area contributed by atoms with E-state index in [0.29, 0.717) is 29.5 Å². The Morgan fingerprint density at radius 2 is 1.58 bits per heavy atom. The first-order valence-corrected chi connectivity index (χ1v) is 13.7. The van der Waals surface area contributed by atoms with E-state index in [1.807, 2.05) is 0 Å². The van der Waals surface area contributed by atoms with Crippen molar-refractivity contribution in [2.75, 3.05) is 0 Å². The summed E-state index contributed by atoms with van der Waals surface area (Å²) in [6.45, 7) is 18.5. The molecule has 5 aliphatic carbocycles. The SMILES string of the molecule is C=C(C)[C@H]1CC[C@@]2(C(=O)O)CC[C@@]3(C)[C@@H](CC[C@H]4[C@]5(C)CCC(=O)C(C)(C)[C@H]5CC[C@@]43C)[C@H]12. The minimum atomic E-state index is -0.547. The fourth-order valence-electron chi connectivity index (χ4n) is 11.3. The number of carboxylic acid groups (broad SMARTS) is 1. The van der Waals surface area contributed by atoms with E-state index >= 15 is 0 Å². The third kappa shape index (κ3) is 2.69. The van der Waals surface area contributed by atoms with Crippen molar-refractivity contribution in [3.05, 3.63) is 12.2 Å². The first kappa shape index (κ1) is 23.6. The van der Waals surface area contributed by atoms with Gasteiger partial charge in [-0.15, -0.1) is 0 Å². The number of Topliss-reactive ketones (excluding diaryl/α,β-unsaturated/α-hetero) is 1.